The lowest BCUT2D eigenvalue weighted by molar-refractivity contribution is 0.0129. The SMILES string of the molecule is COC(=O)c1nc(-n2cc(-c3ccc(F)cc3)nn2)nn1COCCOC(=O)c1ccccc1. The van der Waals surface area contributed by atoms with Gasteiger partial charge in [-0.2, -0.15) is 9.67 Å². The number of carbonyl (C=O) groups excluding carboxylic acids is 2. The van der Waals surface area contributed by atoms with Crippen LogP contribution in [0.1, 0.15) is 21.0 Å². The second kappa shape index (κ2) is 10.4. The van der Waals surface area contributed by atoms with Gasteiger partial charge < -0.3 is 14.2 Å². The molecule has 0 saturated heterocycles. The van der Waals surface area contributed by atoms with E-state index in [4.69, 9.17) is 14.2 Å². The van der Waals surface area contributed by atoms with Crippen molar-refractivity contribution >= 4 is 11.9 Å². The van der Waals surface area contributed by atoms with Crippen molar-refractivity contribution < 1.29 is 28.2 Å². The van der Waals surface area contributed by atoms with E-state index >= 15 is 0 Å². The van der Waals surface area contributed by atoms with Gasteiger partial charge in [0.15, 0.2) is 0 Å². The van der Waals surface area contributed by atoms with Gasteiger partial charge >= 0.3 is 11.9 Å². The Hall–Kier alpha value is -4.45. The van der Waals surface area contributed by atoms with E-state index in [0.717, 1.165) is 0 Å². The van der Waals surface area contributed by atoms with Gasteiger partial charge in [0, 0.05) is 5.56 Å². The molecule has 2 aromatic heterocycles. The standard InChI is InChI=1S/C22H19FN6O5/c1-32-21(31)19-24-22(28-13-18(25-27-28)15-7-9-17(23)10-8-15)26-29(19)14-33-11-12-34-20(30)16-5-3-2-4-6-16/h2-10,13H,11-12,14H2,1H3. The van der Waals surface area contributed by atoms with Crippen molar-refractivity contribution in [1.29, 1.82) is 0 Å². The number of halogens is 1. The molecular weight excluding hydrogens is 447 g/mol. The molecule has 0 aliphatic heterocycles. The van der Waals surface area contributed by atoms with Gasteiger partial charge in [-0.05, 0) is 36.4 Å². The number of aromatic nitrogens is 6. The van der Waals surface area contributed by atoms with Crippen LogP contribution >= 0.6 is 0 Å². The second-order valence-corrected chi connectivity index (χ2v) is 6.82. The zero-order valence-corrected chi connectivity index (χ0v) is 18.0. The van der Waals surface area contributed by atoms with Crippen LogP contribution in [-0.2, 0) is 20.9 Å². The molecule has 174 valence electrons. The molecule has 4 rings (SSSR count). The van der Waals surface area contributed by atoms with E-state index in [2.05, 4.69) is 20.4 Å². The lowest BCUT2D eigenvalue weighted by Gasteiger charge is -2.07. The fourth-order valence-corrected chi connectivity index (χ4v) is 2.88. The number of carbonyl (C=O) groups is 2. The van der Waals surface area contributed by atoms with Crippen LogP contribution < -0.4 is 0 Å². The molecule has 0 radical (unpaired) electrons. The first-order valence-electron chi connectivity index (χ1n) is 10.1. The number of esters is 2. The highest BCUT2D eigenvalue weighted by Gasteiger charge is 2.20. The largest absolute Gasteiger partial charge is 0.463 e. The molecular formula is C22H19FN6O5. The number of benzene rings is 2. The van der Waals surface area contributed by atoms with Gasteiger partial charge in [0.25, 0.3) is 5.95 Å². The first-order valence-corrected chi connectivity index (χ1v) is 10.1. The smallest absolute Gasteiger partial charge is 0.375 e. The van der Waals surface area contributed by atoms with Crippen molar-refractivity contribution in [3.05, 3.63) is 78.0 Å². The molecule has 2 heterocycles. The van der Waals surface area contributed by atoms with Gasteiger partial charge in [-0.25, -0.2) is 18.7 Å². The van der Waals surface area contributed by atoms with Gasteiger partial charge in [0.05, 0.1) is 25.5 Å². The molecule has 0 atom stereocenters. The quantitative estimate of drug-likeness (QED) is 0.270. The summed E-state index contributed by atoms with van der Waals surface area (Å²) in [7, 11) is 1.22. The van der Waals surface area contributed by atoms with E-state index in [1.54, 1.807) is 42.5 Å². The predicted octanol–water partition coefficient (Wildman–Crippen LogP) is 2.28. The minimum Gasteiger partial charge on any atom is -0.463 e. The summed E-state index contributed by atoms with van der Waals surface area (Å²) in [5.41, 5.74) is 1.55. The predicted molar refractivity (Wildman–Crippen MR) is 114 cm³/mol. The molecule has 2 aromatic carbocycles. The zero-order chi connectivity index (χ0) is 23.9. The Morgan fingerprint density at radius 2 is 1.76 bits per heavy atom. The van der Waals surface area contributed by atoms with Crippen LogP contribution in [0, 0.1) is 5.82 Å². The number of hydrogen-bond acceptors (Lipinski definition) is 9. The van der Waals surface area contributed by atoms with Crippen molar-refractivity contribution in [3.63, 3.8) is 0 Å². The van der Waals surface area contributed by atoms with E-state index in [1.807, 2.05) is 0 Å². The van der Waals surface area contributed by atoms with Gasteiger partial charge in [0.2, 0.25) is 5.82 Å². The van der Waals surface area contributed by atoms with E-state index in [-0.39, 0.29) is 37.5 Å². The van der Waals surface area contributed by atoms with Crippen LogP contribution in [0.25, 0.3) is 17.2 Å². The maximum Gasteiger partial charge on any atom is 0.375 e. The van der Waals surface area contributed by atoms with Crippen molar-refractivity contribution in [3.8, 4) is 17.2 Å². The van der Waals surface area contributed by atoms with Crippen molar-refractivity contribution in [2.45, 2.75) is 6.73 Å². The Bertz CT molecular complexity index is 1270. The zero-order valence-electron chi connectivity index (χ0n) is 18.0. The molecule has 0 amide bonds. The highest BCUT2D eigenvalue weighted by atomic mass is 19.1. The molecule has 0 unspecified atom stereocenters. The molecule has 0 fully saturated rings. The molecule has 0 N–H and O–H groups in total. The Kier molecular flexibility index (Phi) is 6.98. The summed E-state index contributed by atoms with van der Waals surface area (Å²) in [6.07, 6.45) is 1.54. The second-order valence-electron chi connectivity index (χ2n) is 6.82. The summed E-state index contributed by atoms with van der Waals surface area (Å²) in [6.45, 7) is -0.0841. The average Bonchev–Trinajstić information content (AvgIpc) is 3.52. The van der Waals surface area contributed by atoms with Gasteiger partial charge in [-0.1, -0.05) is 23.4 Å². The van der Waals surface area contributed by atoms with Crippen molar-refractivity contribution in [2.75, 3.05) is 20.3 Å². The minimum absolute atomic E-state index is 0.00689. The molecule has 0 spiro atoms. The summed E-state index contributed by atoms with van der Waals surface area (Å²) in [5.74, 6) is -1.62. The van der Waals surface area contributed by atoms with E-state index in [0.29, 0.717) is 16.8 Å². The summed E-state index contributed by atoms with van der Waals surface area (Å²) in [5, 5.41) is 12.2. The maximum atomic E-state index is 13.2. The lowest BCUT2D eigenvalue weighted by Crippen LogP contribution is -2.17. The van der Waals surface area contributed by atoms with Crippen LogP contribution in [0.4, 0.5) is 4.39 Å². The third-order valence-electron chi connectivity index (χ3n) is 4.55. The normalized spacial score (nSPS) is 10.8. The Balaban J connectivity index is 1.40. The molecule has 0 saturated carbocycles. The van der Waals surface area contributed by atoms with Gasteiger partial charge in [-0.3, -0.25) is 0 Å². The maximum absolute atomic E-state index is 13.2. The number of ether oxygens (including phenoxy) is 3. The minimum atomic E-state index is -0.725. The number of nitrogens with zero attached hydrogens (tertiary/aromatic N) is 6. The Morgan fingerprint density at radius 3 is 2.50 bits per heavy atom. The third-order valence-corrected chi connectivity index (χ3v) is 4.55. The lowest BCUT2D eigenvalue weighted by atomic mass is 10.2. The van der Waals surface area contributed by atoms with Crippen LogP contribution in [0.15, 0.2) is 60.8 Å². The summed E-state index contributed by atoms with van der Waals surface area (Å²) < 4.78 is 31.0. The molecule has 34 heavy (non-hydrogen) atoms. The Morgan fingerprint density at radius 1 is 1.00 bits per heavy atom. The fraction of sp³-hybridized carbons (Fsp3) is 0.182. The van der Waals surface area contributed by atoms with Crippen molar-refractivity contribution in [2.24, 2.45) is 0 Å². The van der Waals surface area contributed by atoms with Crippen LogP contribution in [0.3, 0.4) is 0 Å². The highest BCUT2D eigenvalue weighted by molar-refractivity contribution is 5.89. The van der Waals surface area contributed by atoms with Gasteiger partial charge in [0.1, 0.15) is 24.8 Å². The summed E-state index contributed by atoms with van der Waals surface area (Å²) in [4.78, 5) is 28.2. The molecule has 4 aromatic rings. The molecule has 11 nitrogen and oxygen atoms in total. The third kappa shape index (κ3) is 5.30. The fourth-order valence-electron chi connectivity index (χ4n) is 2.88. The van der Waals surface area contributed by atoms with Crippen LogP contribution in [0.5, 0.6) is 0 Å². The van der Waals surface area contributed by atoms with Crippen LogP contribution in [0.2, 0.25) is 0 Å². The van der Waals surface area contributed by atoms with Crippen LogP contribution in [-0.4, -0.2) is 62.0 Å². The summed E-state index contributed by atoms with van der Waals surface area (Å²) >= 11 is 0. The molecule has 0 aliphatic carbocycles. The topological polar surface area (TPSA) is 123 Å². The molecule has 12 heteroatoms. The average molecular weight is 466 g/mol. The van der Waals surface area contributed by atoms with Gasteiger partial charge in [-0.15, -0.1) is 10.2 Å². The van der Waals surface area contributed by atoms with E-state index in [9.17, 15) is 14.0 Å². The Labute approximate surface area is 192 Å². The summed E-state index contributed by atoms with van der Waals surface area (Å²) in [6, 6.07) is 14.3. The molecule has 0 bridgehead atoms. The van der Waals surface area contributed by atoms with E-state index < -0.39 is 11.9 Å². The monoisotopic (exact) mass is 466 g/mol. The van der Waals surface area contributed by atoms with E-state index in [1.165, 1.54) is 34.8 Å². The number of rotatable bonds is 9. The molecule has 0 aliphatic rings. The number of hydrogen-bond donors (Lipinski definition) is 0. The number of methoxy groups -OCH3 is 1. The first-order chi connectivity index (χ1) is 16.5. The first kappa shape index (κ1) is 22.7. The van der Waals surface area contributed by atoms with Crippen molar-refractivity contribution in [1.82, 2.24) is 29.8 Å². The highest BCUT2D eigenvalue weighted by Crippen LogP contribution is 2.17.